The van der Waals surface area contributed by atoms with Crippen molar-refractivity contribution in [1.29, 1.82) is 0 Å². The Kier molecular flexibility index (Phi) is 6.43. The van der Waals surface area contributed by atoms with Gasteiger partial charge in [0.25, 0.3) is 5.56 Å². The predicted molar refractivity (Wildman–Crippen MR) is 124 cm³/mol. The number of aromatic nitrogens is 3. The van der Waals surface area contributed by atoms with E-state index in [0.29, 0.717) is 5.13 Å². The van der Waals surface area contributed by atoms with Gasteiger partial charge in [0.2, 0.25) is 5.91 Å². The molecule has 1 aliphatic heterocycles. The molecule has 0 saturated carbocycles. The fourth-order valence-electron chi connectivity index (χ4n) is 3.65. The highest BCUT2D eigenvalue weighted by molar-refractivity contribution is 7.22. The van der Waals surface area contributed by atoms with Gasteiger partial charge in [-0.3, -0.25) is 18.7 Å². The van der Waals surface area contributed by atoms with E-state index in [9.17, 15) is 18.8 Å². The summed E-state index contributed by atoms with van der Waals surface area (Å²) < 4.78 is 16.5. The second kappa shape index (κ2) is 9.25. The Hall–Kier alpha value is -2.98. The van der Waals surface area contributed by atoms with Crippen LogP contribution in [0.3, 0.4) is 0 Å². The van der Waals surface area contributed by atoms with Crippen LogP contribution in [-0.4, -0.2) is 33.1 Å². The van der Waals surface area contributed by atoms with Gasteiger partial charge in [0.15, 0.2) is 10.8 Å². The number of rotatable bonds is 6. The highest BCUT2D eigenvalue weighted by Crippen LogP contribution is 2.28. The molecule has 1 aliphatic rings. The van der Waals surface area contributed by atoms with Crippen molar-refractivity contribution in [3.63, 3.8) is 0 Å². The summed E-state index contributed by atoms with van der Waals surface area (Å²) in [4.78, 5) is 45.3. The van der Waals surface area contributed by atoms with Crippen molar-refractivity contribution in [1.82, 2.24) is 14.1 Å². The smallest absolute Gasteiger partial charge is 0.333 e. The molecule has 2 aromatic heterocycles. The Morgan fingerprint density at radius 1 is 1.25 bits per heavy atom. The molecule has 0 aliphatic carbocycles. The number of piperidine rings is 1. The molecular formula is C21H21ClFN5O3S. The lowest BCUT2D eigenvalue weighted by molar-refractivity contribution is -0.116. The van der Waals surface area contributed by atoms with E-state index in [-0.39, 0.29) is 27.6 Å². The van der Waals surface area contributed by atoms with Crippen LogP contribution in [-0.2, 0) is 17.9 Å². The van der Waals surface area contributed by atoms with Crippen LogP contribution in [0.5, 0.6) is 0 Å². The van der Waals surface area contributed by atoms with Gasteiger partial charge in [-0.2, -0.15) is 0 Å². The topological polar surface area (TPSA) is 89.2 Å². The summed E-state index contributed by atoms with van der Waals surface area (Å²) in [5, 5.41) is 3.28. The molecule has 1 amide bonds. The van der Waals surface area contributed by atoms with E-state index >= 15 is 0 Å². The second-order valence-electron chi connectivity index (χ2n) is 7.44. The maximum atomic E-state index is 14.1. The molecule has 3 heterocycles. The van der Waals surface area contributed by atoms with Gasteiger partial charge in [-0.1, -0.05) is 29.0 Å². The van der Waals surface area contributed by atoms with Crippen LogP contribution in [0.2, 0.25) is 5.02 Å². The van der Waals surface area contributed by atoms with Gasteiger partial charge in [-0.15, -0.1) is 6.58 Å². The molecule has 1 fully saturated rings. The Balaban J connectivity index is 1.75. The zero-order valence-corrected chi connectivity index (χ0v) is 18.7. The average Bonchev–Trinajstić information content (AvgIpc) is 3.22. The lowest BCUT2D eigenvalue weighted by Gasteiger charge is -2.25. The van der Waals surface area contributed by atoms with Crippen LogP contribution in [0.1, 0.15) is 19.3 Å². The fraction of sp³-hybridized carbons (Fsp3) is 0.333. The first kappa shape index (κ1) is 22.2. The van der Waals surface area contributed by atoms with Crippen LogP contribution in [0.25, 0.3) is 10.3 Å². The van der Waals surface area contributed by atoms with Crippen LogP contribution >= 0.6 is 22.9 Å². The quantitative estimate of drug-likeness (QED) is 0.550. The second-order valence-corrected chi connectivity index (χ2v) is 8.86. The Bertz CT molecular complexity index is 1310. The number of nitrogens with one attached hydrogen (secondary N) is 1. The van der Waals surface area contributed by atoms with Crippen molar-refractivity contribution in [2.45, 2.75) is 32.4 Å². The van der Waals surface area contributed by atoms with Crippen molar-refractivity contribution in [2.24, 2.45) is 0 Å². The summed E-state index contributed by atoms with van der Waals surface area (Å²) in [5.41, 5.74) is -1.05. The molecule has 4 rings (SSSR count). The number of carbonyl (C=O) groups excluding carboxylic acids is 1. The first-order valence-electron chi connectivity index (χ1n) is 10.1. The van der Waals surface area contributed by atoms with E-state index in [0.717, 1.165) is 47.6 Å². The normalized spacial score (nSPS) is 14.0. The number of allylic oxidation sites excluding steroid dienone is 1. The number of benzene rings is 1. The summed E-state index contributed by atoms with van der Waals surface area (Å²) >= 11 is 6.96. The number of amides is 1. The first-order chi connectivity index (χ1) is 15.4. The number of carbonyl (C=O) groups is 1. The van der Waals surface area contributed by atoms with Crippen molar-refractivity contribution < 1.29 is 9.18 Å². The number of hydrogen-bond acceptors (Lipinski definition) is 6. The molecule has 1 aromatic carbocycles. The zero-order valence-electron chi connectivity index (χ0n) is 17.1. The molecule has 3 aromatic rings. The van der Waals surface area contributed by atoms with Crippen molar-refractivity contribution in [2.75, 3.05) is 23.3 Å². The summed E-state index contributed by atoms with van der Waals surface area (Å²) in [6.45, 7) is 4.81. The maximum Gasteiger partial charge on any atom is 0.333 e. The van der Waals surface area contributed by atoms with Gasteiger partial charge in [-0.05, 0) is 37.5 Å². The average molecular weight is 478 g/mol. The Morgan fingerprint density at radius 2 is 2.00 bits per heavy atom. The van der Waals surface area contributed by atoms with Crippen molar-refractivity contribution >= 4 is 50.0 Å². The van der Waals surface area contributed by atoms with E-state index in [1.165, 1.54) is 29.5 Å². The molecule has 0 spiro atoms. The molecule has 0 bridgehead atoms. The van der Waals surface area contributed by atoms with E-state index in [1.807, 2.05) is 0 Å². The molecule has 8 nitrogen and oxygen atoms in total. The third-order valence-corrected chi connectivity index (χ3v) is 6.53. The number of halogens is 2. The summed E-state index contributed by atoms with van der Waals surface area (Å²) in [6, 6.07) is 3.86. The fourth-order valence-corrected chi connectivity index (χ4v) is 4.88. The molecule has 11 heteroatoms. The maximum absolute atomic E-state index is 14.1. The van der Waals surface area contributed by atoms with Crippen LogP contribution < -0.4 is 21.5 Å². The predicted octanol–water partition coefficient (Wildman–Crippen LogP) is 3.23. The molecular weight excluding hydrogens is 457 g/mol. The van der Waals surface area contributed by atoms with E-state index in [1.54, 1.807) is 0 Å². The molecule has 1 N–H and O–H groups in total. The number of thiazole rings is 1. The minimum atomic E-state index is -0.694. The number of anilines is 2. The van der Waals surface area contributed by atoms with E-state index in [2.05, 4.69) is 21.8 Å². The largest absolute Gasteiger partial charge is 0.348 e. The Labute approximate surface area is 191 Å². The zero-order chi connectivity index (χ0) is 22.8. The summed E-state index contributed by atoms with van der Waals surface area (Å²) in [6.07, 6.45) is 4.63. The van der Waals surface area contributed by atoms with Gasteiger partial charge in [0.1, 0.15) is 17.1 Å². The van der Waals surface area contributed by atoms with Gasteiger partial charge in [-0.25, -0.2) is 14.2 Å². The SMILES string of the molecule is C=CCn1c(=O)c2sc(N3CCCCC3)nc2n(CC(=O)Nc2ccc(Cl)cc2F)c1=O. The van der Waals surface area contributed by atoms with Crippen molar-refractivity contribution in [3.05, 3.63) is 62.5 Å². The molecule has 0 radical (unpaired) electrons. The third-order valence-electron chi connectivity index (χ3n) is 5.20. The molecule has 0 atom stereocenters. The van der Waals surface area contributed by atoms with Crippen molar-refractivity contribution in [3.8, 4) is 0 Å². The molecule has 168 valence electrons. The first-order valence-corrected chi connectivity index (χ1v) is 11.3. The minimum absolute atomic E-state index is 0.00200. The lowest BCUT2D eigenvalue weighted by atomic mass is 10.1. The standard InChI is InChI=1S/C21H21ClFN5O3S/c1-2-8-27-19(30)17-18(25-20(32-17)26-9-4-3-5-10-26)28(21(27)31)12-16(29)24-15-7-6-13(22)11-14(15)23/h2,6-7,11H,1,3-5,8-10,12H2,(H,24,29). The monoisotopic (exact) mass is 477 g/mol. The highest BCUT2D eigenvalue weighted by Gasteiger charge is 2.22. The van der Waals surface area contributed by atoms with E-state index in [4.69, 9.17) is 11.6 Å². The van der Waals surface area contributed by atoms with Crippen LogP contribution in [0.4, 0.5) is 15.2 Å². The van der Waals surface area contributed by atoms with Crippen LogP contribution in [0, 0.1) is 5.82 Å². The molecule has 1 saturated heterocycles. The van der Waals surface area contributed by atoms with Gasteiger partial charge in [0.05, 0.1) is 5.69 Å². The minimum Gasteiger partial charge on any atom is -0.348 e. The lowest BCUT2D eigenvalue weighted by Crippen LogP contribution is -2.41. The number of fused-ring (bicyclic) bond motifs is 1. The third kappa shape index (κ3) is 4.33. The van der Waals surface area contributed by atoms with Gasteiger partial charge < -0.3 is 10.2 Å². The molecule has 0 unspecified atom stereocenters. The van der Waals surface area contributed by atoms with Crippen LogP contribution in [0.15, 0.2) is 40.4 Å². The van der Waals surface area contributed by atoms with Gasteiger partial charge in [0, 0.05) is 24.7 Å². The van der Waals surface area contributed by atoms with Gasteiger partial charge >= 0.3 is 5.69 Å². The number of hydrogen-bond donors (Lipinski definition) is 1. The number of nitrogens with zero attached hydrogens (tertiary/aromatic N) is 4. The molecule has 32 heavy (non-hydrogen) atoms. The Morgan fingerprint density at radius 3 is 2.69 bits per heavy atom. The summed E-state index contributed by atoms with van der Waals surface area (Å²) in [5.74, 6) is -1.33. The highest BCUT2D eigenvalue weighted by atomic mass is 35.5. The summed E-state index contributed by atoms with van der Waals surface area (Å²) in [7, 11) is 0. The van der Waals surface area contributed by atoms with E-state index < -0.39 is 29.5 Å².